The molecular formula is C11H13FN2O2. The molecule has 1 aliphatic heterocycles. The van der Waals surface area contributed by atoms with Crippen LogP contribution in [0.1, 0.15) is 6.42 Å². The maximum Gasteiger partial charge on any atom is 0.228 e. The van der Waals surface area contributed by atoms with Crippen LogP contribution in [-0.4, -0.2) is 25.6 Å². The van der Waals surface area contributed by atoms with Crippen molar-refractivity contribution in [3.05, 3.63) is 24.0 Å². The van der Waals surface area contributed by atoms with Crippen molar-refractivity contribution in [3.8, 4) is 5.75 Å². The van der Waals surface area contributed by atoms with E-state index in [1.54, 1.807) is 11.0 Å². The van der Waals surface area contributed by atoms with Crippen molar-refractivity contribution >= 4 is 11.6 Å². The number of rotatable bonds is 2. The first-order chi connectivity index (χ1) is 7.72. The van der Waals surface area contributed by atoms with Crippen molar-refractivity contribution < 1.29 is 13.9 Å². The first kappa shape index (κ1) is 10.9. The summed E-state index contributed by atoms with van der Waals surface area (Å²) in [4.78, 5) is 13.3. The molecule has 1 heterocycles. The largest absolute Gasteiger partial charge is 0.489 e. The lowest BCUT2D eigenvalue weighted by Gasteiger charge is -2.29. The van der Waals surface area contributed by atoms with Crippen LogP contribution in [0, 0.1) is 5.82 Å². The predicted molar refractivity (Wildman–Crippen MR) is 57.9 cm³/mol. The summed E-state index contributed by atoms with van der Waals surface area (Å²) in [5.41, 5.74) is 5.96. The third-order valence-electron chi connectivity index (χ3n) is 2.44. The summed E-state index contributed by atoms with van der Waals surface area (Å²) in [7, 11) is 0. The maximum absolute atomic E-state index is 13.0. The molecule has 2 N–H and O–H groups in total. The highest BCUT2D eigenvalue weighted by molar-refractivity contribution is 5.95. The van der Waals surface area contributed by atoms with E-state index in [0.717, 1.165) is 0 Å². The van der Waals surface area contributed by atoms with E-state index in [9.17, 15) is 9.18 Å². The number of hydrogen-bond donors (Lipinski definition) is 1. The zero-order valence-electron chi connectivity index (χ0n) is 8.78. The lowest BCUT2D eigenvalue weighted by molar-refractivity contribution is -0.118. The molecule has 0 aliphatic carbocycles. The monoisotopic (exact) mass is 224 g/mol. The highest BCUT2D eigenvalue weighted by atomic mass is 19.1. The molecule has 2 rings (SSSR count). The van der Waals surface area contributed by atoms with Crippen LogP contribution in [0.15, 0.2) is 18.2 Å². The number of carbonyl (C=O) groups is 1. The maximum atomic E-state index is 13.0. The quantitative estimate of drug-likeness (QED) is 0.812. The lowest BCUT2D eigenvalue weighted by Crippen LogP contribution is -2.38. The molecule has 1 aliphatic rings. The van der Waals surface area contributed by atoms with E-state index in [4.69, 9.17) is 10.5 Å². The molecule has 16 heavy (non-hydrogen) atoms. The van der Waals surface area contributed by atoms with Crippen LogP contribution in [0.25, 0.3) is 0 Å². The van der Waals surface area contributed by atoms with Gasteiger partial charge in [-0.15, -0.1) is 0 Å². The van der Waals surface area contributed by atoms with Gasteiger partial charge < -0.3 is 15.4 Å². The second-order valence-electron chi connectivity index (χ2n) is 3.54. The number of amides is 1. The van der Waals surface area contributed by atoms with Gasteiger partial charge in [0.05, 0.1) is 12.2 Å². The zero-order valence-corrected chi connectivity index (χ0v) is 8.78. The van der Waals surface area contributed by atoms with Crippen molar-refractivity contribution in [2.75, 3.05) is 24.6 Å². The third kappa shape index (κ3) is 1.99. The second kappa shape index (κ2) is 4.49. The molecule has 86 valence electrons. The highest BCUT2D eigenvalue weighted by Crippen LogP contribution is 2.32. The fraction of sp³-hybridized carbons (Fsp3) is 0.364. The Morgan fingerprint density at radius 3 is 3.12 bits per heavy atom. The van der Waals surface area contributed by atoms with Crippen molar-refractivity contribution in [1.29, 1.82) is 0 Å². The number of benzene rings is 1. The number of ether oxygens (including phenoxy) is 1. The summed E-state index contributed by atoms with van der Waals surface area (Å²) in [5.74, 6) is -0.0119. The summed E-state index contributed by atoms with van der Waals surface area (Å²) < 4.78 is 18.3. The van der Waals surface area contributed by atoms with E-state index in [2.05, 4.69) is 0 Å². The molecule has 5 heteroatoms. The molecule has 0 atom stereocenters. The molecule has 0 saturated carbocycles. The first-order valence-corrected chi connectivity index (χ1v) is 5.15. The highest BCUT2D eigenvalue weighted by Gasteiger charge is 2.23. The summed E-state index contributed by atoms with van der Waals surface area (Å²) in [5, 5.41) is 0. The van der Waals surface area contributed by atoms with Gasteiger partial charge in [-0.2, -0.15) is 0 Å². The molecule has 1 aromatic rings. The summed E-state index contributed by atoms with van der Waals surface area (Å²) in [6.45, 7) is 1.18. The summed E-state index contributed by atoms with van der Waals surface area (Å²) in [6, 6.07) is 4.16. The van der Waals surface area contributed by atoms with Gasteiger partial charge in [0.25, 0.3) is 0 Å². The molecular weight excluding hydrogens is 211 g/mol. The molecule has 0 unspecified atom stereocenters. The topological polar surface area (TPSA) is 55.6 Å². The molecule has 0 spiro atoms. The average Bonchev–Trinajstić information content (AvgIpc) is 2.28. The average molecular weight is 224 g/mol. The number of anilines is 1. The van der Waals surface area contributed by atoms with Crippen LogP contribution in [-0.2, 0) is 4.79 Å². The number of halogens is 1. The number of nitrogens with two attached hydrogens (primary N) is 1. The first-order valence-electron chi connectivity index (χ1n) is 5.15. The minimum Gasteiger partial charge on any atom is -0.489 e. The number of carbonyl (C=O) groups excluding carboxylic acids is 1. The van der Waals surface area contributed by atoms with E-state index in [1.165, 1.54) is 12.1 Å². The van der Waals surface area contributed by atoms with Gasteiger partial charge >= 0.3 is 0 Å². The molecule has 1 amide bonds. The van der Waals surface area contributed by atoms with Crippen LogP contribution < -0.4 is 15.4 Å². The van der Waals surface area contributed by atoms with Crippen LogP contribution in [0.3, 0.4) is 0 Å². The van der Waals surface area contributed by atoms with Crippen molar-refractivity contribution in [2.24, 2.45) is 5.73 Å². The Bertz CT molecular complexity index is 409. The van der Waals surface area contributed by atoms with Gasteiger partial charge in [0.1, 0.15) is 18.2 Å². The van der Waals surface area contributed by atoms with Crippen LogP contribution in [0.4, 0.5) is 10.1 Å². The van der Waals surface area contributed by atoms with E-state index >= 15 is 0 Å². The van der Waals surface area contributed by atoms with Gasteiger partial charge in [-0.05, 0) is 12.1 Å². The van der Waals surface area contributed by atoms with Crippen molar-refractivity contribution in [3.63, 3.8) is 0 Å². The zero-order chi connectivity index (χ0) is 11.5. The minimum absolute atomic E-state index is 0.0568. The van der Waals surface area contributed by atoms with E-state index in [1.807, 2.05) is 0 Å². The Morgan fingerprint density at radius 2 is 2.38 bits per heavy atom. The predicted octanol–water partition coefficient (Wildman–Crippen LogP) is 0.900. The van der Waals surface area contributed by atoms with Gasteiger partial charge in [0, 0.05) is 19.0 Å². The standard InChI is InChI=1S/C11H13FN2O2/c12-8-1-2-9-10(7-8)16-6-5-14(9)11(15)3-4-13/h1-2,7H,3-6,13H2. The Balaban J connectivity index is 2.29. The van der Waals surface area contributed by atoms with Crippen LogP contribution in [0.5, 0.6) is 5.75 Å². The molecule has 0 bridgehead atoms. The van der Waals surface area contributed by atoms with E-state index in [-0.39, 0.29) is 18.1 Å². The lowest BCUT2D eigenvalue weighted by atomic mass is 10.2. The molecule has 0 fully saturated rings. The molecule has 0 saturated heterocycles. The second-order valence-corrected chi connectivity index (χ2v) is 3.54. The Labute approximate surface area is 92.8 Å². The molecule has 1 aromatic carbocycles. The van der Waals surface area contributed by atoms with E-state index in [0.29, 0.717) is 31.1 Å². The molecule has 0 radical (unpaired) electrons. The number of hydrogen-bond acceptors (Lipinski definition) is 3. The minimum atomic E-state index is -0.369. The van der Waals surface area contributed by atoms with Crippen molar-refractivity contribution in [2.45, 2.75) is 6.42 Å². The third-order valence-corrected chi connectivity index (χ3v) is 2.44. The smallest absolute Gasteiger partial charge is 0.228 e. The summed E-state index contributed by atoms with van der Waals surface area (Å²) >= 11 is 0. The molecule has 0 aromatic heterocycles. The Kier molecular flexibility index (Phi) is 3.05. The fourth-order valence-electron chi connectivity index (χ4n) is 1.71. The number of nitrogens with zero attached hydrogens (tertiary/aromatic N) is 1. The SMILES string of the molecule is NCCC(=O)N1CCOc2cc(F)ccc21. The fourth-order valence-corrected chi connectivity index (χ4v) is 1.71. The van der Waals surface area contributed by atoms with Gasteiger partial charge in [0.2, 0.25) is 5.91 Å². The van der Waals surface area contributed by atoms with Gasteiger partial charge in [-0.1, -0.05) is 0 Å². The Hall–Kier alpha value is -1.62. The Morgan fingerprint density at radius 1 is 1.56 bits per heavy atom. The van der Waals surface area contributed by atoms with Gasteiger partial charge in [-0.25, -0.2) is 4.39 Å². The van der Waals surface area contributed by atoms with E-state index < -0.39 is 0 Å². The van der Waals surface area contributed by atoms with Gasteiger partial charge in [0.15, 0.2) is 0 Å². The van der Waals surface area contributed by atoms with Gasteiger partial charge in [-0.3, -0.25) is 4.79 Å². The normalized spacial score (nSPS) is 14.2. The number of fused-ring (bicyclic) bond motifs is 1. The van der Waals surface area contributed by atoms with Crippen LogP contribution >= 0.6 is 0 Å². The van der Waals surface area contributed by atoms with Crippen LogP contribution in [0.2, 0.25) is 0 Å². The van der Waals surface area contributed by atoms with Crippen molar-refractivity contribution in [1.82, 2.24) is 0 Å². The summed E-state index contributed by atoms with van der Waals surface area (Å²) in [6.07, 6.45) is 0.289. The molecule has 4 nitrogen and oxygen atoms in total.